The zero-order valence-electron chi connectivity index (χ0n) is 17.6. The van der Waals surface area contributed by atoms with Crippen molar-refractivity contribution in [3.05, 3.63) is 53.6 Å². The van der Waals surface area contributed by atoms with E-state index >= 15 is 0 Å². The maximum Gasteiger partial charge on any atom is 0.317 e. The zero-order chi connectivity index (χ0) is 20.6. The highest BCUT2D eigenvalue weighted by atomic mass is 16.5. The molecular formula is C23H31N3O3. The highest BCUT2D eigenvalue weighted by molar-refractivity contribution is 5.74. The molecule has 0 bridgehead atoms. The van der Waals surface area contributed by atoms with Gasteiger partial charge in [0, 0.05) is 38.4 Å². The number of nitrogens with zero attached hydrogens (tertiary/aromatic N) is 2. The third-order valence-electron chi connectivity index (χ3n) is 5.39. The molecule has 0 aromatic heterocycles. The van der Waals surface area contributed by atoms with E-state index in [1.165, 1.54) is 11.3 Å². The van der Waals surface area contributed by atoms with Gasteiger partial charge >= 0.3 is 6.03 Å². The average Bonchev–Trinajstić information content (AvgIpc) is 2.78. The normalized spacial score (nSPS) is 12.9. The van der Waals surface area contributed by atoms with Gasteiger partial charge in [-0.05, 0) is 55.2 Å². The minimum Gasteiger partial charge on any atom is -0.493 e. The lowest BCUT2D eigenvalue weighted by Crippen LogP contribution is -2.43. The predicted octanol–water partition coefficient (Wildman–Crippen LogP) is 3.69. The molecule has 1 N–H and O–H groups in total. The molecule has 1 aliphatic heterocycles. The fraction of sp³-hybridized carbons (Fsp3) is 0.435. The summed E-state index contributed by atoms with van der Waals surface area (Å²) in [7, 11) is 3.27. The number of rotatable bonds is 8. The smallest absolute Gasteiger partial charge is 0.317 e. The summed E-state index contributed by atoms with van der Waals surface area (Å²) in [5.74, 6) is 1.44. The molecule has 2 aromatic carbocycles. The number of carbonyl (C=O) groups is 1. The van der Waals surface area contributed by atoms with Crippen LogP contribution in [0.25, 0.3) is 0 Å². The number of para-hydroxylation sites is 1. The molecule has 6 nitrogen and oxygen atoms in total. The van der Waals surface area contributed by atoms with Gasteiger partial charge in [-0.25, -0.2) is 4.79 Å². The van der Waals surface area contributed by atoms with Crippen molar-refractivity contribution in [1.29, 1.82) is 0 Å². The summed E-state index contributed by atoms with van der Waals surface area (Å²) in [4.78, 5) is 16.8. The Morgan fingerprint density at radius 2 is 1.79 bits per heavy atom. The van der Waals surface area contributed by atoms with Gasteiger partial charge in [0.2, 0.25) is 0 Å². The van der Waals surface area contributed by atoms with E-state index in [0.29, 0.717) is 25.4 Å². The van der Waals surface area contributed by atoms with E-state index in [1.807, 2.05) is 23.1 Å². The number of benzene rings is 2. The van der Waals surface area contributed by atoms with E-state index in [1.54, 1.807) is 14.2 Å². The van der Waals surface area contributed by atoms with Gasteiger partial charge in [0.1, 0.15) is 0 Å². The molecule has 0 aliphatic carbocycles. The molecule has 3 rings (SSSR count). The Morgan fingerprint density at radius 1 is 1.10 bits per heavy atom. The van der Waals surface area contributed by atoms with Crippen LogP contribution in [0.2, 0.25) is 0 Å². The van der Waals surface area contributed by atoms with Crippen LogP contribution >= 0.6 is 0 Å². The molecule has 0 saturated heterocycles. The average molecular weight is 398 g/mol. The first-order valence-corrected chi connectivity index (χ1v) is 10.2. The number of anilines is 1. The summed E-state index contributed by atoms with van der Waals surface area (Å²) >= 11 is 0. The van der Waals surface area contributed by atoms with Crippen LogP contribution in [0.1, 0.15) is 24.5 Å². The van der Waals surface area contributed by atoms with Crippen molar-refractivity contribution < 1.29 is 14.3 Å². The minimum absolute atomic E-state index is 0.00630. The maximum absolute atomic E-state index is 12.6. The number of nitrogens with one attached hydrogen (secondary N) is 1. The van der Waals surface area contributed by atoms with Crippen molar-refractivity contribution in [2.75, 3.05) is 45.3 Å². The van der Waals surface area contributed by atoms with Gasteiger partial charge in [-0.15, -0.1) is 0 Å². The molecule has 6 heteroatoms. The first-order chi connectivity index (χ1) is 14.2. The molecule has 1 heterocycles. The molecule has 0 saturated carbocycles. The van der Waals surface area contributed by atoms with Crippen LogP contribution in [-0.2, 0) is 13.0 Å². The second-order valence-electron chi connectivity index (χ2n) is 7.15. The van der Waals surface area contributed by atoms with Crippen LogP contribution in [0.3, 0.4) is 0 Å². The fourth-order valence-electron chi connectivity index (χ4n) is 3.74. The number of ether oxygens (including phenoxy) is 2. The zero-order valence-corrected chi connectivity index (χ0v) is 17.6. The quantitative estimate of drug-likeness (QED) is 0.691. The van der Waals surface area contributed by atoms with Gasteiger partial charge in [-0.1, -0.05) is 18.2 Å². The first kappa shape index (κ1) is 20.8. The van der Waals surface area contributed by atoms with Gasteiger partial charge in [-0.3, -0.25) is 0 Å². The van der Waals surface area contributed by atoms with Crippen LogP contribution < -0.4 is 19.7 Å². The lowest BCUT2D eigenvalue weighted by atomic mass is 9.99. The van der Waals surface area contributed by atoms with Gasteiger partial charge < -0.3 is 24.6 Å². The van der Waals surface area contributed by atoms with E-state index in [2.05, 4.69) is 41.4 Å². The van der Waals surface area contributed by atoms with Gasteiger partial charge in [-0.2, -0.15) is 0 Å². The minimum atomic E-state index is -0.00630. The first-order valence-electron chi connectivity index (χ1n) is 10.2. The standard InChI is InChI=1S/C23H31N3O3/c1-4-25(20-9-6-5-7-10-20)13-8-12-24-23(27)26-14-11-18-15-21(28-2)22(29-3)16-19(18)17-26/h5-7,9-10,15-16H,4,8,11-14,17H2,1-3H3,(H,24,27). The summed E-state index contributed by atoms with van der Waals surface area (Å²) in [6, 6.07) is 14.4. The van der Waals surface area contributed by atoms with E-state index < -0.39 is 0 Å². The van der Waals surface area contributed by atoms with Crippen molar-refractivity contribution in [2.24, 2.45) is 0 Å². The summed E-state index contributed by atoms with van der Waals surface area (Å²) in [5, 5.41) is 3.07. The Balaban J connectivity index is 1.49. The number of methoxy groups -OCH3 is 2. The van der Waals surface area contributed by atoms with Crippen molar-refractivity contribution in [3.8, 4) is 11.5 Å². The Bertz CT molecular complexity index is 811. The third kappa shape index (κ3) is 5.13. The van der Waals surface area contributed by atoms with Crippen LogP contribution in [0, 0.1) is 0 Å². The van der Waals surface area contributed by atoms with E-state index in [-0.39, 0.29) is 6.03 Å². The number of amides is 2. The predicted molar refractivity (Wildman–Crippen MR) is 116 cm³/mol. The van der Waals surface area contributed by atoms with Crippen LogP contribution in [0.4, 0.5) is 10.5 Å². The third-order valence-corrected chi connectivity index (χ3v) is 5.39. The Kier molecular flexibility index (Phi) is 7.22. The number of carbonyl (C=O) groups excluding carboxylic acids is 1. The SMILES string of the molecule is CCN(CCCNC(=O)N1CCc2cc(OC)c(OC)cc2C1)c1ccccc1. The molecule has 2 amide bonds. The van der Waals surface area contributed by atoms with Crippen LogP contribution in [-0.4, -0.2) is 51.3 Å². The highest BCUT2D eigenvalue weighted by Crippen LogP contribution is 2.33. The molecule has 29 heavy (non-hydrogen) atoms. The molecule has 1 aliphatic rings. The maximum atomic E-state index is 12.6. The van der Waals surface area contributed by atoms with Crippen molar-refractivity contribution in [3.63, 3.8) is 0 Å². The molecule has 2 aromatic rings. The molecule has 0 atom stereocenters. The number of hydrogen-bond donors (Lipinski definition) is 1. The summed E-state index contributed by atoms with van der Waals surface area (Å²) in [6.07, 6.45) is 1.73. The second-order valence-corrected chi connectivity index (χ2v) is 7.15. The highest BCUT2D eigenvalue weighted by Gasteiger charge is 2.22. The van der Waals surface area contributed by atoms with Crippen molar-refractivity contribution >= 4 is 11.7 Å². The van der Waals surface area contributed by atoms with Gasteiger partial charge in [0.15, 0.2) is 11.5 Å². The largest absolute Gasteiger partial charge is 0.493 e. The lowest BCUT2D eigenvalue weighted by molar-refractivity contribution is 0.192. The molecule has 0 fully saturated rings. The summed E-state index contributed by atoms with van der Waals surface area (Å²) in [5.41, 5.74) is 3.55. The fourth-order valence-corrected chi connectivity index (χ4v) is 3.74. The van der Waals surface area contributed by atoms with Gasteiger partial charge in [0.05, 0.1) is 14.2 Å². The van der Waals surface area contributed by atoms with E-state index in [4.69, 9.17) is 9.47 Å². The molecule has 156 valence electrons. The number of hydrogen-bond acceptors (Lipinski definition) is 4. The van der Waals surface area contributed by atoms with Gasteiger partial charge in [0.25, 0.3) is 0 Å². The number of urea groups is 1. The Labute approximate surface area is 173 Å². The monoisotopic (exact) mass is 397 g/mol. The van der Waals surface area contributed by atoms with Crippen LogP contribution in [0.15, 0.2) is 42.5 Å². The topological polar surface area (TPSA) is 54.0 Å². The molecule has 0 unspecified atom stereocenters. The second kappa shape index (κ2) is 10.0. The summed E-state index contributed by atoms with van der Waals surface area (Å²) < 4.78 is 10.8. The molecule has 0 spiro atoms. The number of fused-ring (bicyclic) bond motifs is 1. The van der Waals surface area contributed by atoms with E-state index in [9.17, 15) is 4.79 Å². The lowest BCUT2D eigenvalue weighted by Gasteiger charge is -2.30. The Hall–Kier alpha value is -2.89. The van der Waals surface area contributed by atoms with Crippen molar-refractivity contribution in [2.45, 2.75) is 26.3 Å². The molecular weight excluding hydrogens is 366 g/mol. The van der Waals surface area contributed by atoms with E-state index in [0.717, 1.165) is 37.2 Å². The van der Waals surface area contributed by atoms with Crippen molar-refractivity contribution in [1.82, 2.24) is 10.2 Å². The van der Waals surface area contributed by atoms with Crippen LogP contribution in [0.5, 0.6) is 11.5 Å². The summed E-state index contributed by atoms with van der Waals surface area (Å²) in [6.45, 7) is 5.98. The Morgan fingerprint density at radius 3 is 2.45 bits per heavy atom. The molecule has 0 radical (unpaired) electrons.